The molecule has 6 heteroatoms. The number of rotatable bonds is 6. The van der Waals surface area contributed by atoms with E-state index in [0.717, 1.165) is 12.1 Å². The van der Waals surface area contributed by atoms with Crippen molar-refractivity contribution < 1.29 is 9.53 Å². The maximum Gasteiger partial charge on any atom is 0.156 e. The van der Waals surface area contributed by atoms with Gasteiger partial charge in [0, 0.05) is 37.8 Å². The molecule has 1 fully saturated rings. The summed E-state index contributed by atoms with van der Waals surface area (Å²) in [6.45, 7) is 6.49. The van der Waals surface area contributed by atoms with Crippen LogP contribution in [0.15, 0.2) is 18.2 Å². The van der Waals surface area contributed by atoms with Crippen molar-refractivity contribution in [3.05, 3.63) is 23.2 Å². The number of hydrogen-bond acceptors (Lipinski definition) is 4. The van der Waals surface area contributed by atoms with E-state index in [4.69, 9.17) is 28.1 Å². The molecule has 2 rings (SSSR count). The molecule has 1 aliphatic heterocycles. The standard InChI is InChI=1S/C16H22Cl2N2O2/c1-3-9-22-16-10-12(5-6-13(16)17)20-8-7-19(18)11-14(20)15(21)4-2/h5-6,10,14H,3-4,7-9,11H2,1-2H3. The highest BCUT2D eigenvalue weighted by molar-refractivity contribution is 6.32. The fourth-order valence-corrected chi connectivity index (χ4v) is 2.94. The van der Waals surface area contributed by atoms with Crippen molar-refractivity contribution in [3.63, 3.8) is 0 Å². The van der Waals surface area contributed by atoms with E-state index in [9.17, 15) is 4.79 Å². The van der Waals surface area contributed by atoms with E-state index < -0.39 is 0 Å². The van der Waals surface area contributed by atoms with E-state index in [-0.39, 0.29) is 11.8 Å². The summed E-state index contributed by atoms with van der Waals surface area (Å²) in [4.78, 5) is 14.3. The number of carbonyl (C=O) groups excluding carboxylic acids is 1. The van der Waals surface area contributed by atoms with E-state index in [1.165, 1.54) is 0 Å². The van der Waals surface area contributed by atoms with Gasteiger partial charge in [0.2, 0.25) is 0 Å². The van der Waals surface area contributed by atoms with Crippen LogP contribution in [0.1, 0.15) is 26.7 Å². The average Bonchev–Trinajstić information content (AvgIpc) is 2.53. The van der Waals surface area contributed by atoms with Gasteiger partial charge in [-0.05, 0) is 30.3 Å². The third-order valence-corrected chi connectivity index (χ3v) is 4.38. The van der Waals surface area contributed by atoms with Crippen molar-refractivity contribution >= 4 is 34.8 Å². The molecule has 1 unspecified atom stereocenters. The van der Waals surface area contributed by atoms with Crippen LogP contribution in [0.3, 0.4) is 0 Å². The quantitative estimate of drug-likeness (QED) is 0.735. The third-order valence-electron chi connectivity index (χ3n) is 3.76. The molecule has 1 atom stereocenters. The first kappa shape index (κ1) is 17.4. The van der Waals surface area contributed by atoms with Gasteiger partial charge in [0.15, 0.2) is 5.78 Å². The number of nitrogens with zero attached hydrogens (tertiary/aromatic N) is 2. The lowest BCUT2D eigenvalue weighted by molar-refractivity contribution is -0.120. The monoisotopic (exact) mass is 344 g/mol. The van der Waals surface area contributed by atoms with Crippen LogP contribution in [0.2, 0.25) is 5.02 Å². The van der Waals surface area contributed by atoms with Crippen molar-refractivity contribution in [2.24, 2.45) is 0 Å². The highest BCUT2D eigenvalue weighted by Gasteiger charge is 2.31. The van der Waals surface area contributed by atoms with Crippen LogP contribution in [0.25, 0.3) is 0 Å². The second-order valence-corrected chi connectivity index (χ2v) is 6.25. The SMILES string of the molecule is CCCOc1cc(N2CCN(Cl)CC2C(=O)CC)ccc1Cl. The smallest absolute Gasteiger partial charge is 0.156 e. The van der Waals surface area contributed by atoms with Gasteiger partial charge in [0.05, 0.1) is 11.6 Å². The summed E-state index contributed by atoms with van der Waals surface area (Å²) in [5, 5.41) is 0.589. The summed E-state index contributed by atoms with van der Waals surface area (Å²) < 4.78 is 7.36. The molecule has 0 saturated carbocycles. The lowest BCUT2D eigenvalue weighted by atomic mass is 10.1. The lowest BCUT2D eigenvalue weighted by Crippen LogP contribution is -2.54. The Morgan fingerprint density at radius 2 is 2.14 bits per heavy atom. The molecule has 0 spiro atoms. The molecule has 0 bridgehead atoms. The van der Waals surface area contributed by atoms with Crippen molar-refractivity contribution in [2.45, 2.75) is 32.7 Å². The molecule has 0 radical (unpaired) electrons. The zero-order chi connectivity index (χ0) is 16.1. The number of benzene rings is 1. The molecule has 0 N–H and O–H groups in total. The normalized spacial score (nSPS) is 19.3. The highest BCUT2D eigenvalue weighted by Crippen LogP contribution is 2.32. The van der Waals surface area contributed by atoms with Crippen LogP contribution in [-0.2, 0) is 4.79 Å². The Morgan fingerprint density at radius 1 is 1.36 bits per heavy atom. The predicted molar refractivity (Wildman–Crippen MR) is 91.1 cm³/mol. The second-order valence-electron chi connectivity index (χ2n) is 5.36. The fourth-order valence-electron chi connectivity index (χ4n) is 2.56. The number of ketones is 1. The first-order chi connectivity index (χ1) is 10.6. The summed E-state index contributed by atoms with van der Waals surface area (Å²) >= 11 is 12.3. The lowest BCUT2D eigenvalue weighted by Gasteiger charge is -2.39. The van der Waals surface area contributed by atoms with Crippen molar-refractivity contribution in [2.75, 3.05) is 31.1 Å². The molecular formula is C16H22Cl2N2O2. The van der Waals surface area contributed by atoms with Gasteiger partial charge < -0.3 is 9.64 Å². The Kier molecular flexibility index (Phi) is 6.36. The first-order valence-corrected chi connectivity index (χ1v) is 8.40. The number of carbonyl (C=O) groups is 1. The van der Waals surface area contributed by atoms with Crippen LogP contribution in [0, 0.1) is 0 Å². The van der Waals surface area contributed by atoms with Gasteiger partial charge in [0.25, 0.3) is 0 Å². The molecule has 1 saturated heterocycles. The molecule has 0 amide bonds. The minimum Gasteiger partial charge on any atom is -0.492 e. The van der Waals surface area contributed by atoms with E-state index in [1.807, 2.05) is 32.0 Å². The van der Waals surface area contributed by atoms with Crippen LogP contribution < -0.4 is 9.64 Å². The fraction of sp³-hybridized carbons (Fsp3) is 0.562. The number of ether oxygens (including phenoxy) is 1. The van der Waals surface area contributed by atoms with Gasteiger partial charge in [-0.3, -0.25) is 4.79 Å². The summed E-state index contributed by atoms with van der Waals surface area (Å²) in [5.74, 6) is 0.855. The third kappa shape index (κ3) is 4.06. The zero-order valence-electron chi connectivity index (χ0n) is 13.0. The molecule has 22 heavy (non-hydrogen) atoms. The molecule has 0 aliphatic carbocycles. The Balaban J connectivity index is 2.25. The largest absolute Gasteiger partial charge is 0.492 e. The van der Waals surface area contributed by atoms with Gasteiger partial charge in [0.1, 0.15) is 11.8 Å². The number of hydrogen-bond donors (Lipinski definition) is 0. The van der Waals surface area contributed by atoms with Gasteiger partial charge >= 0.3 is 0 Å². The topological polar surface area (TPSA) is 32.8 Å². The van der Waals surface area contributed by atoms with Gasteiger partial charge in [-0.15, -0.1) is 0 Å². The van der Waals surface area contributed by atoms with Crippen LogP contribution in [0.4, 0.5) is 5.69 Å². The average molecular weight is 345 g/mol. The highest BCUT2D eigenvalue weighted by atomic mass is 35.5. The number of piperazine rings is 1. The maximum absolute atomic E-state index is 12.2. The Morgan fingerprint density at radius 3 is 2.82 bits per heavy atom. The van der Waals surface area contributed by atoms with Crippen LogP contribution >= 0.6 is 23.4 Å². The van der Waals surface area contributed by atoms with Gasteiger partial charge in [-0.2, -0.15) is 0 Å². The van der Waals surface area contributed by atoms with E-state index in [0.29, 0.717) is 43.4 Å². The summed E-state index contributed by atoms with van der Waals surface area (Å²) in [6.07, 6.45) is 1.42. The van der Waals surface area contributed by atoms with Gasteiger partial charge in [-0.25, -0.2) is 4.42 Å². The minimum absolute atomic E-state index is 0.191. The first-order valence-electron chi connectivity index (χ1n) is 7.69. The summed E-state index contributed by atoms with van der Waals surface area (Å²) in [6, 6.07) is 5.44. The number of Topliss-reactive ketones (excluding diaryl/α,β-unsaturated/α-hetero) is 1. The van der Waals surface area contributed by atoms with Crippen LogP contribution in [-0.4, -0.2) is 42.5 Å². The number of halogens is 2. The summed E-state index contributed by atoms with van der Waals surface area (Å²) in [7, 11) is 0. The molecule has 1 aromatic carbocycles. The molecular weight excluding hydrogens is 323 g/mol. The molecule has 1 aromatic rings. The van der Waals surface area contributed by atoms with E-state index in [1.54, 1.807) is 4.42 Å². The predicted octanol–water partition coefficient (Wildman–Crippen LogP) is 3.75. The van der Waals surface area contributed by atoms with E-state index >= 15 is 0 Å². The molecule has 1 aliphatic rings. The molecule has 0 aromatic heterocycles. The molecule has 1 heterocycles. The molecule has 122 valence electrons. The van der Waals surface area contributed by atoms with Crippen molar-refractivity contribution in [1.29, 1.82) is 0 Å². The Hall–Kier alpha value is -0.970. The van der Waals surface area contributed by atoms with Crippen LogP contribution in [0.5, 0.6) is 5.75 Å². The zero-order valence-corrected chi connectivity index (χ0v) is 14.5. The molecule has 4 nitrogen and oxygen atoms in total. The maximum atomic E-state index is 12.2. The van der Waals surface area contributed by atoms with E-state index in [2.05, 4.69) is 4.90 Å². The second kappa shape index (κ2) is 8.04. The minimum atomic E-state index is -0.226. The Bertz CT molecular complexity index is 525. The van der Waals surface area contributed by atoms with Crippen molar-refractivity contribution in [1.82, 2.24) is 4.42 Å². The number of anilines is 1. The summed E-state index contributed by atoms with van der Waals surface area (Å²) in [5.41, 5.74) is 0.951. The van der Waals surface area contributed by atoms with Crippen molar-refractivity contribution in [3.8, 4) is 5.75 Å². The van der Waals surface area contributed by atoms with Gasteiger partial charge in [-0.1, -0.05) is 25.4 Å². The Labute approximate surface area is 142 Å².